The zero-order chi connectivity index (χ0) is 14.2. The van der Waals surface area contributed by atoms with Gasteiger partial charge in [-0.2, -0.15) is 0 Å². The van der Waals surface area contributed by atoms with E-state index < -0.39 is 5.60 Å². The van der Waals surface area contributed by atoms with Crippen LogP contribution >= 0.6 is 0 Å². The molecule has 2 amide bonds. The smallest absolute Gasteiger partial charge is 0.261 e. The number of carbonyl (C=O) groups is 2. The van der Waals surface area contributed by atoms with Crippen molar-refractivity contribution >= 4 is 17.5 Å². The molecule has 0 radical (unpaired) electrons. The van der Waals surface area contributed by atoms with Gasteiger partial charge >= 0.3 is 0 Å². The van der Waals surface area contributed by atoms with Crippen LogP contribution in [0.5, 0.6) is 0 Å². The zero-order valence-corrected chi connectivity index (χ0v) is 11.4. The second-order valence-electron chi connectivity index (χ2n) is 5.13. The van der Waals surface area contributed by atoms with Crippen molar-refractivity contribution in [2.24, 2.45) is 0 Å². The van der Waals surface area contributed by atoms with Gasteiger partial charge in [0.2, 0.25) is 0 Å². The molecule has 2 N–H and O–H groups in total. The highest BCUT2D eigenvalue weighted by Crippen LogP contribution is 2.25. The Morgan fingerprint density at radius 2 is 1.89 bits per heavy atom. The average Bonchev–Trinajstić information content (AvgIpc) is 2.62. The molecule has 102 valence electrons. The molecule has 1 aromatic carbocycles. The van der Waals surface area contributed by atoms with E-state index in [1.165, 1.54) is 7.05 Å². The fourth-order valence-corrected chi connectivity index (χ4v) is 1.89. The van der Waals surface area contributed by atoms with E-state index in [-0.39, 0.29) is 11.8 Å². The Morgan fingerprint density at radius 1 is 1.26 bits per heavy atom. The number of fused-ring (bicyclic) bond motifs is 1. The summed E-state index contributed by atoms with van der Waals surface area (Å²) in [5.74, 6) is -0.557. The van der Waals surface area contributed by atoms with Crippen LogP contribution in [-0.2, 0) is 0 Å². The predicted molar refractivity (Wildman–Crippen MR) is 72.3 cm³/mol. The normalized spacial score (nSPS) is 17.4. The lowest BCUT2D eigenvalue weighted by Gasteiger charge is -2.22. The first-order valence-electron chi connectivity index (χ1n) is 6.28. The molecule has 0 fully saturated rings. The van der Waals surface area contributed by atoms with Crippen LogP contribution in [0.25, 0.3) is 0 Å². The summed E-state index contributed by atoms with van der Waals surface area (Å²) >= 11 is 0. The number of hydrogen-bond acceptors (Lipinski definition) is 4. The summed E-state index contributed by atoms with van der Waals surface area (Å²) in [6, 6.07) is 5.04. The van der Waals surface area contributed by atoms with Gasteiger partial charge in [0.05, 0.1) is 16.7 Å². The summed E-state index contributed by atoms with van der Waals surface area (Å²) in [6.07, 6.45) is 0.630. The van der Waals surface area contributed by atoms with Crippen LogP contribution in [0.15, 0.2) is 18.2 Å². The standard InChI is InChI=1S/C14H18N2O3/c1-4-14(2,19)8-15-9-5-6-10-11(7-9)13(18)16(3)12(10)17/h5-7,15,19H,4,8H2,1-3H3. The Hall–Kier alpha value is -1.88. The van der Waals surface area contributed by atoms with Gasteiger partial charge < -0.3 is 10.4 Å². The maximum atomic E-state index is 11.8. The van der Waals surface area contributed by atoms with Crippen LogP contribution in [0, 0.1) is 0 Å². The molecule has 0 aromatic heterocycles. The molecule has 2 rings (SSSR count). The van der Waals surface area contributed by atoms with Crippen molar-refractivity contribution in [2.45, 2.75) is 25.9 Å². The average molecular weight is 262 g/mol. The predicted octanol–water partition coefficient (Wildman–Crippen LogP) is 1.49. The van der Waals surface area contributed by atoms with Crippen LogP contribution in [0.3, 0.4) is 0 Å². The molecule has 0 spiro atoms. The topological polar surface area (TPSA) is 69.6 Å². The Morgan fingerprint density at radius 3 is 2.53 bits per heavy atom. The number of imide groups is 1. The maximum Gasteiger partial charge on any atom is 0.261 e. The molecule has 5 nitrogen and oxygen atoms in total. The largest absolute Gasteiger partial charge is 0.388 e. The van der Waals surface area contributed by atoms with Gasteiger partial charge in [-0.05, 0) is 31.5 Å². The molecule has 0 aliphatic carbocycles. The van der Waals surface area contributed by atoms with Crippen molar-refractivity contribution in [1.29, 1.82) is 0 Å². The van der Waals surface area contributed by atoms with Gasteiger partial charge in [-0.3, -0.25) is 14.5 Å². The van der Waals surface area contributed by atoms with E-state index in [9.17, 15) is 14.7 Å². The quantitative estimate of drug-likeness (QED) is 0.806. The molecule has 5 heteroatoms. The van der Waals surface area contributed by atoms with Gasteiger partial charge in [-0.1, -0.05) is 6.92 Å². The molecule has 1 heterocycles. The minimum atomic E-state index is -0.796. The number of hydrogen-bond donors (Lipinski definition) is 2. The molecule has 0 saturated carbocycles. The second-order valence-corrected chi connectivity index (χ2v) is 5.13. The number of nitrogens with zero attached hydrogens (tertiary/aromatic N) is 1. The molecule has 19 heavy (non-hydrogen) atoms. The fourth-order valence-electron chi connectivity index (χ4n) is 1.89. The van der Waals surface area contributed by atoms with E-state index in [0.29, 0.717) is 24.1 Å². The number of carbonyl (C=O) groups excluding carboxylic acids is 2. The van der Waals surface area contributed by atoms with E-state index in [0.717, 1.165) is 10.6 Å². The van der Waals surface area contributed by atoms with Crippen LogP contribution in [-0.4, -0.2) is 41.0 Å². The molecule has 1 atom stereocenters. The third-order valence-corrected chi connectivity index (χ3v) is 3.52. The third-order valence-electron chi connectivity index (χ3n) is 3.52. The van der Waals surface area contributed by atoms with Gasteiger partial charge in [0.25, 0.3) is 11.8 Å². The minimum Gasteiger partial charge on any atom is -0.388 e. The monoisotopic (exact) mass is 262 g/mol. The summed E-state index contributed by atoms with van der Waals surface area (Å²) in [6.45, 7) is 4.04. The van der Waals surface area contributed by atoms with Gasteiger partial charge in [0.15, 0.2) is 0 Å². The van der Waals surface area contributed by atoms with Gasteiger partial charge in [-0.15, -0.1) is 0 Å². The van der Waals surface area contributed by atoms with E-state index in [2.05, 4.69) is 5.32 Å². The van der Waals surface area contributed by atoms with Crippen LogP contribution < -0.4 is 5.32 Å². The number of nitrogens with one attached hydrogen (secondary N) is 1. The highest BCUT2D eigenvalue weighted by atomic mass is 16.3. The van der Waals surface area contributed by atoms with Crippen LogP contribution in [0.2, 0.25) is 0 Å². The number of amides is 2. The van der Waals surface area contributed by atoms with Gasteiger partial charge in [-0.25, -0.2) is 0 Å². The summed E-state index contributed by atoms with van der Waals surface area (Å²) < 4.78 is 0. The Bertz CT molecular complexity index is 537. The Balaban J connectivity index is 2.20. The molecular formula is C14H18N2O3. The van der Waals surface area contributed by atoms with E-state index >= 15 is 0 Å². The second kappa shape index (κ2) is 4.66. The molecule has 1 unspecified atom stereocenters. The van der Waals surface area contributed by atoms with E-state index in [1.807, 2.05) is 6.92 Å². The Labute approximate surface area is 112 Å². The lowest BCUT2D eigenvalue weighted by Crippen LogP contribution is -2.32. The molecule has 1 aliphatic rings. The van der Waals surface area contributed by atoms with Crippen molar-refractivity contribution in [3.63, 3.8) is 0 Å². The maximum absolute atomic E-state index is 11.8. The van der Waals surface area contributed by atoms with Gasteiger partial charge in [0.1, 0.15) is 0 Å². The minimum absolute atomic E-state index is 0.271. The highest BCUT2D eigenvalue weighted by Gasteiger charge is 2.32. The SMILES string of the molecule is CCC(C)(O)CNc1ccc2c(c1)C(=O)N(C)C2=O. The summed E-state index contributed by atoms with van der Waals surface area (Å²) in [7, 11) is 1.47. The Kier molecular flexibility index (Phi) is 3.32. The van der Waals surface area contributed by atoms with Gasteiger partial charge in [0, 0.05) is 19.3 Å². The van der Waals surface area contributed by atoms with Crippen molar-refractivity contribution in [3.05, 3.63) is 29.3 Å². The number of anilines is 1. The molecule has 0 bridgehead atoms. The molecule has 0 saturated heterocycles. The lowest BCUT2D eigenvalue weighted by molar-refractivity contribution is 0.0687. The lowest BCUT2D eigenvalue weighted by atomic mass is 10.0. The third kappa shape index (κ3) is 2.46. The first-order chi connectivity index (χ1) is 8.85. The molecular weight excluding hydrogens is 244 g/mol. The summed E-state index contributed by atoms with van der Waals surface area (Å²) in [5, 5.41) is 13.0. The number of rotatable bonds is 4. The van der Waals surface area contributed by atoms with E-state index in [4.69, 9.17) is 0 Å². The highest BCUT2D eigenvalue weighted by molar-refractivity contribution is 6.21. The van der Waals surface area contributed by atoms with Crippen molar-refractivity contribution in [3.8, 4) is 0 Å². The van der Waals surface area contributed by atoms with Crippen molar-refractivity contribution in [1.82, 2.24) is 4.90 Å². The van der Waals surface area contributed by atoms with Crippen LogP contribution in [0.4, 0.5) is 5.69 Å². The summed E-state index contributed by atoms with van der Waals surface area (Å²) in [4.78, 5) is 24.7. The molecule has 1 aromatic rings. The van der Waals surface area contributed by atoms with E-state index in [1.54, 1.807) is 25.1 Å². The fraction of sp³-hybridized carbons (Fsp3) is 0.429. The summed E-state index contributed by atoms with van der Waals surface area (Å²) in [5.41, 5.74) is 0.771. The number of aliphatic hydroxyl groups is 1. The zero-order valence-electron chi connectivity index (χ0n) is 11.4. The molecule has 1 aliphatic heterocycles. The first kappa shape index (κ1) is 13.5. The van der Waals surface area contributed by atoms with Crippen molar-refractivity contribution in [2.75, 3.05) is 18.9 Å². The van der Waals surface area contributed by atoms with Crippen molar-refractivity contribution < 1.29 is 14.7 Å². The first-order valence-corrected chi connectivity index (χ1v) is 6.28. The van der Waals surface area contributed by atoms with Crippen LogP contribution in [0.1, 0.15) is 41.0 Å². The number of benzene rings is 1.